The van der Waals surface area contributed by atoms with Crippen LogP contribution < -0.4 is 0 Å². The van der Waals surface area contributed by atoms with Gasteiger partial charge in [0.05, 0.1) is 12.7 Å². The number of Topliss-reactive ketones (excluding diaryl/α,β-unsaturated/α-hetero) is 1. The SMILES string of the molecule is CC(=O)O[C@@H]1C[C@]2(C)[C@@]34CC(c5ccccc5)[C@@H]3C(=O)C(C)C[C@H]4O[C@H]1[C@@]21CO1. The first-order valence-corrected chi connectivity index (χ1v) is 10.9. The Morgan fingerprint density at radius 3 is 2.59 bits per heavy atom. The molecule has 29 heavy (non-hydrogen) atoms. The summed E-state index contributed by atoms with van der Waals surface area (Å²) in [4.78, 5) is 25.3. The number of carbonyl (C=O) groups excluding carboxylic acids is 2. The van der Waals surface area contributed by atoms with E-state index in [9.17, 15) is 9.59 Å². The van der Waals surface area contributed by atoms with Gasteiger partial charge in [0.25, 0.3) is 0 Å². The molecule has 0 amide bonds. The molecule has 2 unspecified atom stereocenters. The van der Waals surface area contributed by atoms with Crippen LogP contribution in [0.4, 0.5) is 0 Å². The predicted molar refractivity (Wildman–Crippen MR) is 104 cm³/mol. The molecule has 0 radical (unpaired) electrons. The van der Waals surface area contributed by atoms with Gasteiger partial charge in [0.2, 0.25) is 0 Å². The zero-order valence-electron chi connectivity index (χ0n) is 17.2. The second-order valence-corrected chi connectivity index (χ2v) is 10.2. The maximum Gasteiger partial charge on any atom is 0.302 e. The average molecular weight is 396 g/mol. The van der Waals surface area contributed by atoms with Crippen molar-refractivity contribution in [3.8, 4) is 0 Å². The Bertz CT molecular complexity index is 892. The van der Waals surface area contributed by atoms with Crippen LogP contribution in [0.3, 0.4) is 0 Å². The van der Waals surface area contributed by atoms with E-state index in [2.05, 4.69) is 31.2 Å². The average Bonchev–Trinajstić information content (AvgIpc) is 3.42. The normalized spacial score (nSPS) is 51.8. The van der Waals surface area contributed by atoms with Crippen molar-refractivity contribution in [2.45, 2.75) is 69.9 Å². The number of ketones is 1. The van der Waals surface area contributed by atoms with Crippen LogP contribution in [0.2, 0.25) is 0 Å². The Morgan fingerprint density at radius 1 is 1.21 bits per heavy atom. The van der Waals surface area contributed by atoms with Gasteiger partial charge in [-0.1, -0.05) is 44.2 Å². The highest BCUT2D eigenvalue weighted by Gasteiger charge is 2.86. The van der Waals surface area contributed by atoms with Gasteiger partial charge >= 0.3 is 5.97 Å². The van der Waals surface area contributed by atoms with Gasteiger partial charge in [0.1, 0.15) is 23.6 Å². The number of hydrogen-bond donors (Lipinski definition) is 0. The lowest BCUT2D eigenvalue weighted by Gasteiger charge is -2.70. The quantitative estimate of drug-likeness (QED) is 0.567. The van der Waals surface area contributed by atoms with Gasteiger partial charge in [-0.2, -0.15) is 0 Å². The standard InChI is InChI=1S/C24H28O5/c1-13-9-18-23(10-16(19(23)20(13)26)15-7-5-4-6-8-15)22(3)11-17(28-14(2)25)21(29-18)24(22)12-27-24/h4-8,13,16-19,21H,9-12H2,1-3H3/t13?,16?,17-,18-,19-,21-,22-,23-,24+/m1/s1. The van der Waals surface area contributed by atoms with E-state index in [0.717, 1.165) is 12.8 Å². The smallest absolute Gasteiger partial charge is 0.302 e. The highest BCUT2D eigenvalue weighted by atomic mass is 16.7. The molecule has 154 valence electrons. The lowest BCUT2D eigenvalue weighted by molar-refractivity contribution is -0.282. The van der Waals surface area contributed by atoms with Crippen molar-refractivity contribution in [2.24, 2.45) is 22.7 Å². The van der Waals surface area contributed by atoms with Crippen LogP contribution in [0.1, 0.15) is 51.5 Å². The van der Waals surface area contributed by atoms with Crippen LogP contribution in [-0.2, 0) is 23.8 Å². The van der Waals surface area contributed by atoms with E-state index < -0.39 is 5.60 Å². The Hall–Kier alpha value is -1.72. The molecule has 9 atom stereocenters. The molecular formula is C24H28O5. The number of esters is 1. The largest absolute Gasteiger partial charge is 0.460 e. The molecule has 2 spiro atoms. The fourth-order valence-corrected chi connectivity index (χ4v) is 7.79. The van der Waals surface area contributed by atoms with Gasteiger partial charge in [-0.15, -0.1) is 0 Å². The Morgan fingerprint density at radius 2 is 1.93 bits per heavy atom. The first kappa shape index (κ1) is 18.1. The van der Waals surface area contributed by atoms with Crippen LogP contribution >= 0.6 is 0 Å². The van der Waals surface area contributed by atoms with E-state index in [1.807, 2.05) is 13.0 Å². The lowest BCUT2D eigenvalue weighted by atomic mass is 9.35. The second kappa shape index (κ2) is 5.50. The summed E-state index contributed by atoms with van der Waals surface area (Å²) in [5, 5.41) is 0. The monoisotopic (exact) mass is 396 g/mol. The minimum Gasteiger partial charge on any atom is -0.460 e. The summed E-state index contributed by atoms with van der Waals surface area (Å²) in [6, 6.07) is 10.4. The third-order valence-electron chi connectivity index (χ3n) is 9.13. The highest BCUT2D eigenvalue weighted by molar-refractivity contribution is 5.88. The summed E-state index contributed by atoms with van der Waals surface area (Å²) in [7, 11) is 0. The van der Waals surface area contributed by atoms with Gasteiger partial charge < -0.3 is 14.2 Å². The van der Waals surface area contributed by atoms with Crippen molar-refractivity contribution in [1.29, 1.82) is 0 Å². The van der Waals surface area contributed by atoms with E-state index in [1.165, 1.54) is 12.5 Å². The molecule has 0 N–H and O–H groups in total. The summed E-state index contributed by atoms with van der Waals surface area (Å²) in [5.41, 5.74) is 0.373. The number of carbonyl (C=O) groups is 2. The van der Waals surface area contributed by atoms with Gasteiger partial charge in [-0.3, -0.25) is 9.59 Å². The number of rotatable bonds is 2. The molecule has 1 aromatic carbocycles. The molecule has 3 aliphatic carbocycles. The van der Waals surface area contributed by atoms with Crippen molar-refractivity contribution in [2.75, 3.05) is 6.61 Å². The van der Waals surface area contributed by atoms with Crippen LogP contribution in [0, 0.1) is 22.7 Å². The molecule has 2 bridgehead atoms. The van der Waals surface area contributed by atoms with Crippen LogP contribution in [0.5, 0.6) is 0 Å². The minimum atomic E-state index is -0.412. The summed E-state index contributed by atoms with van der Waals surface area (Å²) in [5.74, 6) is 0.268. The van der Waals surface area contributed by atoms with Gasteiger partial charge in [-0.25, -0.2) is 0 Å². The summed E-state index contributed by atoms with van der Waals surface area (Å²) >= 11 is 0. The molecule has 1 aromatic rings. The second-order valence-electron chi connectivity index (χ2n) is 10.2. The highest BCUT2D eigenvalue weighted by Crippen LogP contribution is 2.80. The zero-order chi connectivity index (χ0) is 20.2. The van der Waals surface area contributed by atoms with Crippen molar-refractivity contribution in [1.82, 2.24) is 0 Å². The van der Waals surface area contributed by atoms with Gasteiger partial charge in [0.15, 0.2) is 0 Å². The molecule has 2 aliphatic heterocycles. The summed E-state index contributed by atoms with van der Waals surface area (Å²) in [6.45, 7) is 6.41. The van der Waals surface area contributed by atoms with Crippen molar-refractivity contribution < 1.29 is 23.8 Å². The molecule has 3 saturated carbocycles. The first-order valence-electron chi connectivity index (χ1n) is 10.9. The molecule has 2 saturated heterocycles. The predicted octanol–water partition coefficient (Wildman–Crippen LogP) is 3.26. The van der Waals surface area contributed by atoms with Crippen molar-refractivity contribution in [3.63, 3.8) is 0 Å². The fourth-order valence-electron chi connectivity index (χ4n) is 7.79. The molecule has 5 fully saturated rings. The molecule has 6 rings (SSSR count). The Labute approximate surface area is 171 Å². The van der Waals surface area contributed by atoms with E-state index >= 15 is 0 Å². The van der Waals surface area contributed by atoms with E-state index in [0.29, 0.717) is 18.8 Å². The van der Waals surface area contributed by atoms with Crippen LogP contribution in [0.25, 0.3) is 0 Å². The van der Waals surface area contributed by atoms with Crippen molar-refractivity contribution in [3.05, 3.63) is 35.9 Å². The number of benzene rings is 1. The number of hydrogen-bond acceptors (Lipinski definition) is 5. The first-order chi connectivity index (χ1) is 13.8. The molecule has 2 heterocycles. The summed E-state index contributed by atoms with van der Waals surface area (Å²) < 4.78 is 18.5. The number of epoxide rings is 1. The Kier molecular flexibility index (Phi) is 3.43. The van der Waals surface area contributed by atoms with Crippen molar-refractivity contribution >= 4 is 11.8 Å². The Balaban J connectivity index is 1.46. The van der Waals surface area contributed by atoms with E-state index in [-0.39, 0.29) is 52.9 Å². The fraction of sp³-hybridized carbons (Fsp3) is 0.667. The molecule has 0 aromatic heterocycles. The summed E-state index contributed by atoms with van der Waals surface area (Å²) in [6.07, 6.45) is 1.92. The lowest BCUT2D eigenvalue weighted by Crippen LogP contribution is -2.74. The van der Waals surface area contributed by atoms with E-state index in [4.69, 9.17) is 14.2 Å². The zero-order valence-corrected chi connectivity index (χ0v) is 17.2. The van der Waals surface area contributed by atoms with E-state index in [1.54, 1.807) is 0 Å². The maximum atomic E-state index is 13.5. The molecule has 5 aliphatic rings. The molecule has 5 heteroatoms. The molecule has 5 nitrogen and oxygen atoms in total. The molecular weight excluding hydrogens is 368 g/mol. The van der Waals surface area contributed by atoms with Gasteiger partial charge in [0, 0.05) is 29.6 Å². The third kappa shape index (κ3) is 1.94. The third-order valence-corrected chi connectivity index (χ3v) is 9.13. The van der Waals surface area contributed by atoms with Gasteiger partial charge in [-0.05, 0) is 30.7 Å². The van der Waals surface area contributed by atoms with Crippen LogP contribution in [0.15, 0.2) is 30.3 Å². The number of ether oxygens (including phenoxy) is 3. The van der Waals surface area contributed by atoms with Crippen LogP contribution in [-0.4, -0.2) is 42.3 Å². The topological polar surface area (TPSA) is 65.1 Å². The minimum absolute atomic E-state index is 0.00557. The maximum absolute atomic E-state index is 13.5.